The van der Waals surface area contributed by atoms with Crippen molar-refractivity contribution in [1.82, 2.24) is 19.6 Å². The minimum Gasteiger partial charge on any atom is -0.450 e. The number of piperidine rings is 1. The molecule has 174 valence electrons. The summed E-state index contributed by atoms with van der Waals surface area (Å²) in [6.07, 6.45) is 0.849. The fourth-order valence-electron chi connectivity index (χ4n) is 3.81. The Hall–Kier alpha value is -3.34. The number of likely N-dealkylation sites (tertiary alicyclic amines) is 1. The molecule has 0 radical (unpaired) electrons. The molecular formula is C22H25N5O5S. The highest BCUT2D eigenvalue weighted by Gasteiger charge is 2.28. The summed E-state index contributed by atoms with van der Waals surface area (Å²) in [7, 11) is 0. The van der Waals surface area contributed by atoms with Gasteiger partial charge in [-0.3, -0.25) is 14.2 Å². The van der Waals surface area contributed by atoms with Crippen LogP contribution in [0.4, 0.5) is 10.6 Å². The van der Waals surface area contributed by atoms with Gasteiger partial charge in [-0.25, -0.2) is 9.78 Å². The Bertz CT molecular complexity index is 1220. The van der Waals surface area contributed by atoms with E-state index in [1.54, 1.807) is 47.6 Å². The summed E-state index contributed by atoms with van der Waals surface area (Å²) in [5.41, 5.74) is 0.433. The van der Waals surface area contributed by atoms with Crippen LogP contribution in [0, 0.1) is 6.92 Å². The predicted molar refractivity (Wildman–Crippen MR) is 123 cm³/mol. The maximum absolute atomic E-state index is 13.4. The Morgan fingerprint density at radius 3 is 2.73 bits per heavy atom. The third kappa shape index (κ3) is 5.19. The fraction of sp³-hybridized carbons (Fsp3) is 0.409. The van der Waals surface area contributed by atoms with Gasteiger partial charge in [0.1, 0.15) is 5.76 Å². The van der Waals surface area contributed by atoms with Gasteiger partial charge in [0.2, 0.25) is 5.91 Å². The lowest BCUT2D eigenvalue weighted by molar-refractivity contribution is -0.113. The van der Waals surface area contributed by atoms with E-state index in [2.05, 4.69) is 15.5 Å². The van der Waals surface area contributed by atoms with Crippen LogP contribution in [-0.4, -0.2) is 57.1 Å². The van der Waals surface area contributed by atoms with Crippen molar-refractivity contribution in [3.8, 4) is 0 Å². The molecule has 1 aromatic carbocycles. The van der Waals surface area contributed by atoms with E-state index in [1.807, 2.05) is 6.07 Å². The van der Waals surface area contributed by atoms with E-state index < -0.39 is 0 Å². The van der Waals surface area contributed by atoms with Crippen molar-refractivity contribution in [2.24, 2.45) is 0 Å². The van der Waals surface area contributed by atoms with Crippen LogP contribution in [0.15, 0.2) is 44.8 Å². The molecule has 0 spiro atoms. The number of hydrogen-bond acceptors (Lipinski definition) is 8. The van der Waals surface area contributed by atoms with Crippen LogP contribution >= 0.6 is 11.8 Å². The van der Waals surface area contributed by atoms with Crippen molar-refractivity contribution in [1.29, 1.82) is 0 Å². The normalized spacial score (nSPS) is 14.4. The summed E-state index contributed by atoms with van der Waals surface area (Å²) >= 11 is 1.20. The van der Waals surface area contributed by atoms with Crippen molar-refractivity contribution in [3.05, 3.63) is 46.4 Å². The maximum Gasteiger partial charge on any atom is 0.409 e. The van der Waals surface area contributed by atoms with Crippen molar-refractivity contribution < 1.29 is 18.8 Å². The van der Waals surface area contributed by atoms with Gasteiger partial charge < -0.3 is 19.5 Å². The van der Waals surface area contributed by atoms with Crippen LogP contribution in [0.5, 0.6) is 0 Å². The molecule has 2 aromatic heterocycles. The van der Waals surface area contributed by atoms with Crippen LogP contribution in [-0.2, 0) is 9.53 Å². The molecule has 1 aliphatic rings. The quantitative estimate of drug-likeness (QED) is 0.430. The number of nitrogens with zero attached hydrogens (tertiary/aromatic N) is 4. The first kappa shape index (κ1) is 22.8. The van der Waals surface area contributed by atoms with E-state index >= 15 is 0 Å². The van der Waals surface area contributed by atoms with Crippen molar-refractivity contribution >= 4 is 40.5 Å². The van der Waals surface area contributed by atoms with Gasteiger partial charge >= 0.3 is 6.09 Å². The van der Waals surface area contributed by atoms with Crippen LogP contribution in [0.3, 0.4) is 0 Å². The van der Waals surface area contributed by atoms with Crippen molar-refractivity contribution in [2.75, 3.05) is 30.8 Å². The fourth-order valence-corrected chi connectivity index (χ4v) is 4.67. The smallest absolute Gasteiger partial charge is 0.409 e. The summed E-state index contributed by atoms with van der Waals surface area (Å²) in [5.74, 6) is 0.711. The molecular weight excluding hydrogens is 446 g/mol. The highest BCUT2D eigenvalue weighted by molar-refractivity contribution is 7.99. The number of para-hydroxylation sites is 1. The number of benzene rings is 1. The number of rotatable bonds is 6. The zero-order valence-electron chi connectivity index (χ0n) is 18.4. The Labute approximate surface area is 194 Å². The van der Waals surface area contributed by atoms with Crippen molar-refractivity contribution in [3.63, 3.8) is 0 Å². The number of anilines is 1. The Morgan fingerprint density at radius 2 is 2.03 bits per heavy atom. The van der Waals surface area contributed by atoms with Gasteiger partial charge in [0.15, 0.2) is 11.0 Å². The number of hydrogen-bond donors (Lipinski definition) is 1. The second-order valence-electron chi connectivity index (χ2n) is 7.66. The number of thioether (sulfide) groups is 1. The molecule has 2 amide bonds. The number of aryl methyl sites for hydroxylation is 1. The van der Waals surface area contributed by atoms with Gasteiger partial charge in [-0.2, -0.15) is 0 Å². The zero-order chi connectivity index (χ0) is 23.4. The summed E-state index contributed by atoms with van der Waals surface area (Å²) in [5, 5.41) is 7.44. The number of carbonyl (C=O) groups is 2. The molecule has 0 saturated carbocycles. The third-order valence-corrected chi connectivity index (χ3v) is 6.31. The number of carbonyl (C=O) groups excluding carboxylic acids is 2. The van der Waals surface area contributed by atoms with Crippen LogP contribution in [0.2, 0.25) is 0 Å². The lowest BCUT2D eigenvalue weighted by Gasteiger charge is -2.33. The molecule has 1 aliphatic heterocycles. The minimum absolute atomic E-state index is 0.0539. The summed E-state index contributed by atoms with van der Waals surface area (Å²) in [6.45, 7) is 4.80. The molecule has 0 unspecified atom stereocenters. The highest BCUT2D eigenvalue weighted by Crippen LogP contribution is 2.28. The molecule has 0 bridgehead atoms. The summed E-state index contributed by atoms with van der Waals surface area (Å²) in [4.78, 5) is 44.2. The van der Waals surface area contributed by atoms with Gasteiger partial charge in [0, 0.05) is 25.2 Å². The molecule has 4 rings (SSSR count). The lowest BCUT2D eigenvalue weighted by Crippen LogP contribution is -2.41. The van der Waals surface area contributed by atoms with E-state index in [1.165, 1.54) is 11.8 Å². The molecule has 10 nitrogen and oxygen atoms in total. The second-order valence-corrected chi connectivity index (χ2v) is 8.61. The molecule has 3 heterocycles. The minimum atomic E-state index is -0.339. The number of ether oxygens (including phenoxy) is 1. The molecule has 3 aromatic rings. The topological polar surface area (TPSA) is 120 Å². The van der Waals surface area contributed by atoms with E-state index in [0.29, 0.717) is 60.2 Å². The number of amides is 2. The Kier molecular flexibility index (Phi) is 6.97. The number of fused-ring (bicyclic) bond motifs is 1. The van der Waals surface area contributed by atoms with Crippen LogP contribution in [0.25, 0.3) is 10.9 Å². The predicted octanol–water partition coefficient (Wildman–Crippen LogP) is 3.22. The monoisotopic (exact) mass is 471 g/mol. The van der Waals surface area contributed by atoms with E-state index in [-0.39, 0.29) is 29.4 Å². The molecule has 11 heteroatoms. The molecule has 1 N–H and O–H groups in total. The molecule has 1 fully saturated rings. The Morgan fingerprint density at radius 1 is 1.27 bits per heavy atom. The molecule has 1 saturated heterocycles. The van der Waals surface area contributed by atoms with E-state index in [4.69, 9.17) is 9.26 Å². The summed E-state index contributed by atoms with van der Waals surface area (Å²) < 4.78 is 11.7. The van der Waals surface area contributed by atoms with Gasteiger partial charge in [-0.1, -0.05) is 29.1 Å². The average Bonchev–Trinajstić information content (AvgIpc) is 3.22. The van der Waals surface area contributed by atoms with Gasteiger partial charge in [0.05, 0.1) is 23.3 Å². The molecule has 0 aliphatic carbocycles. The Balaban J connectivity index is 1.55. The first-order valence-corrected chi connectivity index (χ1v) is 11.7. The highest BCUT2D eigenvalue weighted by atomic mass is 32.2. The van der Waals surface area contributed by atoms with Crippen molar-refractivity contribution in [2.45, 2.75) is 37.9 Å². The largest absolute Gasteiger partial charge is 0.450 e. The van der Waals surface area contributed by atoms with Crippen LogP contribution < -0.4 is 10.9 Å². The number of nitrogens with one attached hydrogen (secondary N) is 1. The maximum atomic E-state index is 13.4. The van der Waals surface area contributed by atoms with E-state index in [0.717, 1.165) is 0 Å². The summed E-state index contributed by atoms with van der Waals surface area (Å²) in [6, 6.07) is 8.66. The number of aromatic nitrogens is 3. The van der Waals surface area contributed by atoms with Gasteiger partial charge in [-0.05, 0) is 38.8 Å². The van der Waals surface area contributed by atoms with E-state index in [9.17, 15) is 14.4 Å². The van der Waals surface area contributed by atoms with Gasteiger partial charge in [0.25, 0.3) is 5.56 Å². The lowest BCUT2D eigenvalue weighted by atomic mass is 10.0. The third-order valence-electron chi connectivity index (χ3n) is 5.36. The first-order valence-electron chi connectivity index (χ1n) is 10.7. The SMILES string of the molecule is CCOC(=O)N1CCC(n2c(SCC(=O)Nc3cc(C)on3)nc3ccccc3c2=O)CC1. The molecule has 0 atom stereocenters. The van der Waals surface area contributed by atoms with Gasteiger partial charge in [-0.15, -0.1) is 0 Å². The first-order chi connectivity index (χ1) is 16.0. The van der Waals surface area contributed by atoms with Crippen LogP contribution in [0.1, 0.15) is 31.6 Å². The average molecular weight is 472 g/mol. The second kappa shape index (κ2) is 10.1. The standard InChI is InChI=1S/C22H25N5O5S/c1-3-31-22(30)26-10-8-15(9-11-26)27-20(29)16-6-4-5-7-17(16)23-21(27)33-13-19(28)24-18-12-14(2)32-25-18/h4-7,12,15H,3,8-11,13H2,1-2H3,(H,24,25,28). The zero-order valence-corrected chi connectivity index (χ0v) is 19.3. The molecule has 33 heavy (non-hydrogen) atoms.